The third kappa shape index (κ3) is 5.62. The van der Waals surface area contributed by atoms with Crippen molar-refractivity contribution in [3.05, 3.63) is 47.8 Å². The molecule has 1 N–H and O–H groups in total. The SMILES string of the molecule is COc1c(OCCCC2CN(CC3CCC3)CCO2)ccc2c1N=C(NC(=O)c1cccnc1)N1CCN=C21. The molecule has 10 heteroatoms. The fourth-order valence-corrected chi connectivity index (χ4v) is 5.63. The molecule has 1 aliphatic carbocycles. The molecule has 2 aromatic rings. The molecule has 1 amide bonds. The van der Waals surface area contributed by atoms with Gasteiger partial charge >= 0.3 is 0 Å². The van der Waals surface area contributed by atoms with E-state index in [4.69, 9.17) is 19.2 Å². The van der Waals surface area contributed by atoms with E-state index in [0.29, 0.717) is 48.4 Å². The maximum Gasteiger partial charge on any atom is 0.259 e. The standard InChI is InChI=1S/C29H36N6O4/c1-37-26-24(39-15-4-8-22-19-34(14-16-38-22)18-20-5-2-6-20)10-9-23-25(26)32-29(35-13-12-31-27(23)35)33-28(36)21-7-3-11-30-17-21/h3,7,9-11,17,20,22H,2,4-6,8,12-16,18-19H2,1H3,(H,32,33,36). The Labute approximate surface area is 229 Å². The van der Waals surface area contributed by atoms with Crippen LogP contribution in [-0.4, -0.2) is 91.6 Å². The number of rotatable bonds is 9. The van der Waals surface area contributed by atoms with Gasteiger partial charge < -0.3 is 14.2 Å². The quantitative estimate of drug-likeness (QED) is 0.495. The monoisotopic (exact) mass is 532 g/mol. The molecule has 4 aliphatic rings. The van der Waals surface area contributed by atoms with E-state index in [9.17, 15) is 4.79 Å². The molecule has 1 saturated heterocycles. The highest BCUT2D eigenvalue weighted by molar-refractivity contribution is 6.20. The van der Waals surface area contributed by atoms with Crippen LogP contribution >= 0.6 is 0 Å². The molecule has 1 saturated carbocycles. The van der Waals surface area contributed by atoms with Crippen LogP contribution in [0.1, 0.15) is 48.0 Å². The number of amides is 1. The predicted octanol–water partition coefficient (Wildman–Crippen LogP) is 3.24. The molecule has 1 aromatic heterocycles. The highest BCUT2D eigenvalue weighted by Gasteiger charge is 2.33. The number of ether oxygens (including phenoxy) is 3. The molecular weight excluding hydrogens is 496 g/mol. The number of hydrogen-bond acceptors (Lipinski definition) is 9. The van der Waals surface area contributed by atoms with Gasteiger partial charge in [-0.3, -0.25) is 29.9 Å². The number of carbonyl (C=O) groups is 1. The van der Waals surface area contributed by atoms with Crippen LogP contribution in [-0.2, 0) is 4.74 Å². The van der Waals surface area contributed by atoms with Gasteiger partial charge in [0, 0.05) is 44.1 Å². The number of aliphatic imine (C=N–C) groups is 2. The average Bonchev–Trinajstić information content (AvgIpc) is 3.44. The van der Waals surface area contributed by atoms with Crippen molar-refractivity contribution in [3.63, 3.8) is 0 Å². The van der Waals surface area contributed by atoms with Gasteiger partial charge in [0.25, 0.3) is 5.91 Å². The van der Waals surface area contributed by atoms with Gasteiger partial charge in [0.15, 0.2) is 11.5 Å². The van der Waals surface area contributed by atoms with Gasteiger partial charge in [0.1, 0.15) is 11.5 Å². The number of nitrogens with one attached hydrogen (secondary N) is 1. The zero-order valence-corrected chi connectivity index (χ0v) is 22.5. The smallest absolute Gasteiger partial charge is 0.259 e. The Morgan fingerprint density at radius 2 is 2.15 bits per heavy atom. The number of morpholine rings is 1. The molecule has 1 aromatic carbocycles. The van der Waals surface area contributed by atoms with Crippen LogP contribution < -0.4 is 14.8 Å². The minimum Gasteiger partial charge on any atom is -0.491 e. The lowest BCUT2D eigenvalue weighted by Crippen LogP contribution is -2.47. The van der Waals surface area contributed by atoms with Crippen LogP contribution in [0.25, 0.3) is 0 Å². The van der Waals surface area contributed by atoms with Gasteiger partial charge in [0.2, 0.25) is 5.96 Å². The fraction of sp³-hybridized carbons (Fsp3) is 0.517. The summed E-state index contributed by atoms with van der Waals surface area (Å²) < 4.78 is 18.0. The number of pyridine rings is 1. The highest BCUT2D eigenvalue weighted by atomic mass is 16.5. The van der Waals surface area contributed by atoms with Gasteiger partial charge in [-0.2, -0.15) is 0 Å². The van der Waals surface area contributed by atoms with Crippen molar-refractivity contribution in [1.29, 1.82) is 0 Å². The molecule has 0 spiro atoms. The molecule has 1 atom stereocenters. The first-order chi connectivity index (χ1) is 19.2. The second kappa shape index (κ2) is 11.7. The first-order valence-electron chi connectivity index (χ1n) is 14.0. The lowest BCUT2D eigenvalue weighted by Gasteiger charge is -2.37. The first kappa shape index (κ1) is 25.8. The molecule has 0 radical (unpaired) electrons. The molecular formula is C29H36N6O4. The number of guanidine groups is 1. The van der Waals surface area contributed by atoms with Crippen LogP contribution in [0.5, 0.6) is 11.5 Å². The van der Waals surface area contributed by atoms with Gasteiger partial charge in [-0.1, -0.05) is 6.42 Å². The largest absolute Gasteiger partial charge is 0.491 e. The van der Waals surface area contributed by atoms with E-state index in [0.717, 1.165) is 49.9 Å². The molecule has 1 unspecified atom stereocenters. The number of fused-ring (bicyclic) bond motifs is 3. The van der Waals surface area contributed by atoms with E-state index < -0.39 is 0 Å². The van der Waals surface area contributed by atoms with E-state index in [2.05, 4.69) is 20.2 Å². The fourth-order valence-electron chi connectivity index (χ4n) is 5.63. The molecule has 4 heterocycles. The summed E-state index contributed by atoms with van der Waals surface area (Å²) >= 11 is 0. The third-order valence-corrected chi connectivity index (χ3v) is 7.90. The maximum absolute atomic E-state index is 12.9. The Bertz CT molecular complexity index is 1250. The normalized spacial score (nSPS) is 20.8. The Morgan fingerprint density at radius 3 is 2.95 bits per heavy atom. The Hall–Kier alpha value is -3.50. The topological polar surface area (TPSA) is 101 Å². The summed E-state index contributed by atoms with van der Waals surface area (Å²) in [5.41, 5.74) is 1.93. The summed E-state index contributed by atoms with van der Waals surface area (Å²) in [4.78, 5) is 30.9. The summed E-state index contributed by atoms with van der Waals surface area (Å²) in [6, 6.07) is 7.34. The highest BCUT2D eigenvalue weighted by Crippen LogP contribution is 2.43. The molecule has 39 heavy (non-hydrogen) atoms. The maximum atomic E-state index is 12.9. The summed E-state index contributed by atoms with van der Waals surface area (Å²) in [5, 5.41) is 2.93. The summed E-state index contributed by atoms with van der Waals surface area (Å²) in [7, 11) is 1.61. The van der Waals surface area contributed by atoms with Gasteiger partial charge in [-0.15, -0.1) is 0 Å². The lowest BCUT2D eigenvalue weighted by molar-refractivity contribution is -0.0414. The van der Waals surface area contributed by atoms with Crippen molar-refractivity contribution in [2.75, 3.05) is 53.0 Å². The Morgan fingerprint density at radius 1 is 1.23 bits per heavy atom. The minimum atomic E-state index is -0.279. The second-order valence-corrected chi connectivity index (χ2v) is 10.5. The van der Waals surface area contributed by atoms with Crippen LogP contribution in [0.4, 0.5) is 5.69 Å². The lowest BCUT2D eigenvalue weighted by atomic mass is 9.85. The number of benzene rings is 1. The first-order valence-corrected chi connectivity index (χ1v) is 14.0. The van der Waals surface area contributed by atoms with Gasteiger partial charge in [0.05, 0.1) is 38.5 Å². The van der Waals surface area contributed by atoms with Crippen molar-refractivity contribution in [2.45, 2.75) is 38.2 Å². The Kier molecular flexibility index (Phi) is 7.74. The van der Waals surface area contributed by atoms with Crippen LogP contribution in [0.2, 0.25) is 0 Å². The van der Waals surface area contributed by atoms with Crippen molar-refractivity contribution in [2.24, 2.45) is 15.9 Å². The average molecular weight is 533 g/mol. The number of carbonyl (C=O) groups excluding carboxylic acids is 1. The summed E-state index contributed by atoms with van der Waals surface area (Å²) in [6.45, 7) is 5.91. The van der Waals surface area contributed by atoms with Crippen LogP contribution in [0.15, 0.2) is 46.6 Å². The summed E-state index contributed by atoms with van der Waals surface area (Å²) in [6.07, 6.45) is 9.42. The molecule has 206 valence electrons. The zero-order valence-electron chi connectivity index (χ0n) is 22.5. The number of aromatic nitrogens is 1. The zero-order chi connectivity index (χ0) is 26.6. The molecule has 3 aliphatic heterocycles. The predicted molar refractivity (Wildman–Crippen MR) is 148 cm³/mol. The molecule has 2 fully saturated rings. The van der Waals surface area contributed by atoms with Gasteiger partial charge in [-0.25, -0.2) is 4.99 Å². The third-order valence-electron chi connectivity index (χ3n) is 7.90. The van der Waals surface area contributed by atoms with Crippen molar-refractivity contribution < 1.29 is 19.0 Å². The van der Waals surface area contributed by atoms with Crippen LogP contribution in [0, 0.1) is 5.92 Å². The number of amidine groups is 1. The van der Waals surface area contributed by atoms with Crippen molar-refractivity contribution >= 4 is 23.4 Å². The molecule has 6 rings (SSSR count). The number of methoxy groups -OCH3 is 1. The van der Waals surface area contributed by atoms with E-state index in [1.54, 1.807) is 25.4 Å². The van der Waals surface area contributed by atoms with E-state index in [1.165, 1.54) is 32.0 Å². The van der Waals surface area contributed by atoms with Crippen molar-refractivity contribution in [3.8, 4) is 11.5 Å². The number of nitrogens with zero attached hydrogens (tertiary/aromatic N) is 5. The molecule has 0 bridgehead atoms. The Balaban J connectivity index is 1.11. The van der Waals surface area contributed by atoms with Crippen molar-refractivity contribution in [1.82, 2.24) is 20.1 Å². The van der Waals surface area contributed by atoms with E-state index >= 15 is 0 Å². The van der Waals surface area contributed by atoms with Crippen LogP contribution in [0.3, 0.4) is 0 Å². The van der Waals surface area contributed by atoms with E-state index in [1.807, 2.05) is 17.0 Å². The van der Waals surface area contributed by atoms with E-state index in [-0.39, 0.29) is 12.0 Å². The summed E-state index contributed by atoms with van der Waals surface area (Å²) in [5.74, 6) is 2.96. The minimum absolute atomic E-state index is 0.259. The second-order valence-electron chi connectivity index (χ2n) is 10.5. The van der Waals surface area contributed by atoms with Gasteiger partial charge in [-0.05, 0) is 55.9 Å². The number of hydrogen-bond donors (Lipinski definition) is 1. The molecule has 10 nitrogen and oxygen atoms in total.